The lowest BCUT2D eigenvalue weighted by Crippen LogP contribution is -2.23. The first kappa shape index (κ1) is 12.9. The molecular formula is C10H9Cl2NO3. The SMILES string of the molecule is CCC(C(=O)O)C(=O)c1cc(Cl)ncc1Cl. The van der Waals surface area contributed by atoms with Gasteiger partial charge in [-0.15, -0.1) is 0 Å². The summed E-state index contributed by atoms with van der Waals surface area (Å²) in [7, 11) is 0. The van der Waals surface area contributed by atoms with Crippen LogP contribution >= 0.6 is 23.2 Å². The predicted molar refractivity (Wildman–Crippen MR) is 60.0 cm³/mol. The van der Waals surface area contributed by atoms with Crippen LogP contribution < -0.4 is 0 Å². The van der Waals surface area contributed by atoms with Crippen molar-refractivity contribution in [3.63, 3.8) is 0 Å². The number of halogens is 2. The standard InChI is InChI=1S/C10H9Cl2NO3/c1-2-5(10(15)16)9(14)6-3-8(12)13-4-7(6)11/h3-5H,2H2,1H3,(H,15,16). The minimum atomic E-state index is -1.17. The molecule has 0 aliphatic heterocycles. The molecule has 6 heteroatoms. The van der Waals surface area contributed by atoms with Gasteiger partial charge in [-0.2, -0.15) is 0 Å². The van der Waals surface area contributed by atoms with Crippen LogP contribution in [0.25, 0.3) is 0 Å². The molecule has 1 unspecified atom stereocenters. The molecule has 1 atom stereocenters. The summed E-state index contributed by atoms with van der Waals surface area (Å²) in [6.45, 7) is 1.62. The minimum absolute atomic E-state index is 0.0934. The number of carbonyl (C=O) groups is 2. The van der Waals surface area contributed by atoms with Crippen molar-refractivity contribution >= 4 is 35.0 Å². The fraction of sp³-hybridized carbons (Fsp3) is 0.300. The van der Waals surface area contributed by atoms with Gasteiger partial charge < -0.3 is 5.11 Å². The van der Waals surface area contributed by atoms with Crippen LogP contribution in [0.15, 0.2) is 12.3 Å². The molecule has 1 heterocycles. The van der Waals surface area contributed by atoms with Crippen molar-refractivity contribution in [2.24, 2.45) is 5.92 Å². The normalized spacial score (nSPS) is 12.2. The highest BCUT2D eigenvalue weighted by Gasteiger charge is 2.27. The molecule has 1 aromatic heterocycles. The Morgan fingerprint density at radius 2 is 2.12 bits per heavy atom. The third kappa shape index (κ3) is 2.71. The van der Waals surface area contributed by atoms with E-state index < -0.39 is 17.7 Å². The number of Topliss-reactive ketones (excluding diaryl/α,β-unsaturated/α-hetero) is 1. The van der Waals surface area contributed by atoms with Crippen molar-refractivity contribution in [3.8, 4) is 0 Å². The van der Waals surface area contributed by atoms with Gasteiger partial charge in [-0.1, -0.05) is 30.1 Å². The molecule has 0 amide bonds. The first-order chi connectivity index (χ1) is 7.47. The molecule has 0 saturated heterocycles. The third-order valence-electron chi connectivity index (χ3n) is 2.11. The number of hydrogen-bond acceptors (Lipinski definition) is 3. The van der Waals surface area contributed by atoms with Gasteiger partial charge in [0.1, 0.15) is 11.1 Å². The van der Waals surface area contributed by atoms with E-state index in [1.807, 2.05) is 0 Å². The molecule has 1 aromatic rings. The fourth-order valence-corrected chi connectivity index (χ4v) is 1.62. The van der Waals surface area contributed by atoms with Crippen molar-refractivity contribution < 1.29 is 14.7 Å². The van der Waals surface area contributed by atoms with Crippen molar-refractivity contribution in [3.05, 3.63) is 28.0 Å². The lowest BCUT2D eigenvalue weighted by Gasteiger charge is -2.09. The van der Waals surface area contributed by atoms with Gasteiger partial charge >= 0.3 is 5.97 Å². The van der Waals surface area contributed by atoms with Crippen LogP contribution in [0.1, 0.15) is 23.7 Å². The van der Waals surface area contributed by atoms with E-state index in [2.05, 4.69) is 4.98 Å². The number of carboxylic acid groups (broad SMARTS) is 1. The van der Waals surface area contributed by atoms with E-state index >= 15 is 0 Å². The molecule has 0 aliphatic rings. The molecule has 0 radical (unpaired) electrons. The van der Waals surface area contributed by atoms with Gasteiger partial charge in [0.2, 0.25) is 0 Å². The highest BCUT2D eigenvalue weighted by atomic mass is 35.5. The van der Waals surface area contributed by atoms with Gasteiger partial charge in [-0.25, -0.2) is 4.98 Å². The van der Waals surface area contributed by atoms with E-state index in [0.29, 0.717) is 0 Å². The Morgan fingerprint density at radius 1 is 1.50 bits per heavy atom. The van der Waals surface area contributed by atoms with Crippen molar-refractivity contribution in [2.45, 2.75) is 13.3 Å². The second kappa shape index (κ2) is 5.27. The molecule has 0 aliphatic carbocycles. The van der Waals surface area contributed by atoms with Gasteiger partial charge in [0.25, 0.3) is 0 Å². The number of rotatable bonds is 4. The Kier molecular flexibility index (Phi) is 4.26. The van der Waals surface area contributed by atoms with E-state index in [4.69, 9.17) is 28.3 Å². The molecule has 1 rings (SSSR count). The first-order valence-corrected chi connectivity index (χ1v) is 5.31. The number of pyridine rings is 1. The maximum atomic E-state index is 11.8. The maximum absolute atomic E-state index is 11.8. The highest BCUT2D eigenvalue weighted by molar-refractivity contribution is 6.35. The number of carboxylic acids is 1. The number of aliphatic carboxylic acids is 1. The largest absolute Gasteiger partial charge is 0.481 e. The van der Waals surface area contributed by atoms with Gasteiger partial charge in [-0.3, -0.25) is 9.59 Å². The Labute approximate surface area is 102 Å². The summed E-state index contributed by atoms with van der Waals surface area (Å²) >= 11 is 11.4. The number of nitrogens with zero attached hydrogens (tertiary/aromatic N) is 1. The molecule has 0 saturated carbocycles. The smallest absolute Gasteiger partial charge is 0.314 e. The lowest BCUT2D eigenvalue weighted by molar-refractivity contribution is -0.140. The molecule has 0 fully saturated rings. The molecule has 0 bridgehead atoms. The van der Waals surface area contributed by atoms with Gasteiger partial charge in [-0.05, 0) is 12.5 Å². The van der Waals surface area contributed by atoms with Crippen LogP contribution in [0.4, 0.5) is 0 Å². The Hall–Kier alpha value is -1.13. The van der Waals surface area contributed by atoms with Crippen molar-refractivity contribution in [2.75, 3.05) is 0 Å². The summed E-state index contributed by atoms with van der Waals surface area (Å²) < 4.78 is 0. The second-order valence-corrected chi connectivity index (χ2v) is 3.94. The topological polar surface area (TPSA) is 67.3 Å². The third-order valence-corrected chi connectivity index (χ3v) is 2.62. The Balaban J connectivity index is 3.12. The molecule has 0 spiro atoms. The van der Waals surface area contributed by atoms with Crippen molar-refractivity contribution in [1.82, 2.24) is 4.98 Å². The van der Waals surface area contributed by atoms with Crippen LogP contribution in [-0.4, -0.2) is 21.8 Å². The number of carbonyl (C=O) groups excluding carboxylic acids is 1. The summed E-state index contributed by atoms with van der Waals surface area (Å²) in [6.07, 6.45) is 1.43. The highest BCUT2D eigenvalue weighted by Crippen LogP contribution is 2.22. The molecular weight excluding hydrogens is 253 g/mol. The summed E-state index contributed by atoms with van der Waals surface area (Å²) in [5.74, 6) is -2.82. The van der Waals surface area contributed by atoms with Gasteiger partial charge in [0.15, 0.2) is 5.78 Å². The van der Waals surface area contributed by atoms with E-state index in [9.17, 15) is 9.59 Å². The summed E-state index contributed by atoms with van der Waals surface area (Å²) in [5.41, 5.74) is 0.0934. The average Bonchev–Trinajstić information content (AvgIpc) is 2.22. The van der Waals surface area contributed by atoms with E-state index in [1.165, 1.54) is 12.3 Å². The molecule has 86 valence electrons. The summed E-state index contributed by atoms with van der Waals surface area (Å²) in [5, 5.41) is 9.06. The van der Waals surface area contributed by atoms with Gasteiger partial charge in [0.05, 0.1) is 5.02 Å². The molecule has 1 N–H and O–H groups in total. The maximum Gasteiger partial charge on any atom is 0.314 e. The van der Waals surface area contributed by atoms with E-state index in [0.717, 1.165) is 0 Å². The number of ketones is 1. The quantitative estimate of drug-likeness (QED) is 0.514. The number of hydrogen-bond donors (Lipinski definition) is 1. The van der Waals surface area contributed by atoms with Crippen LogP contribution in [0, 0.1) is 5.92 Å². The fourth-order valence-electron chi connectivity index (χ4n) is 1.26. The van der Waals surface area contributed by atoms with E-state index in [1.54, 1.807) is 6.92 Å². The van der Waals surface area contributed by atoms with Crippen molar-refractivity contribution in [1.29, 1.82) is 0 Å². The minimum Gasteiger partial charge on any atom is -0.481 e. The average molecular weight is 262 g/mol. The van der Waals surface area contributed by atoms with Crippen LogP contribution in [0.3, 0.4) is 0 Å². The first-order valence-electron chi connectivity index (χ1n) is 4.55. The summed E-state index contributed by atoms with van der Waals surface area (Å²) in [6, 6.07) is 1.28. The van der Waals surface area contributed by atoms with Crippen LogP contribution in [-0.2, 0) is 4.79 Å². The second-order valence-electron chi connectivity index (χ2n) is 3.15. The summed E-state index contributed by atoms with van der Waals surface area (Å²) in [4.78, 5) is 26.4. The number of aromatic nitrogens is 1. The van der Waals surface area contributed by atoms with Crippen LogP contribution in [0.5, 0.6) is 0 Å². The van der Waals surface area contributed by atoms with Gasteiger partial charge in [0, 0.05) is 11.8 Å². The Bertz CT molecular complexity index is 434. The zero-order valence-electron chi connectivity index (χ0n) is 8.41. The van der Waals surface area contributed by atoms with Crippen LogP contribution in [0.2, 0.25) is 10.2 Å². The molecule has 4 nitrogen and oxygen atoms in total. The molecule has 0 aromatic carbocycles. The zero-order chi connectivity index (χ0) is 12.3. The Morgan fingerprint density at radius 3 is 2.62 bits per heavy atom. The predicted octanol–water partition coefficient (Wildman–Crippen LogP) is 2.68. The lowest BCUT2D eigenvalue weighted by atomic mass is 9.96. The zero-order valence-corrected chi connectivity index (χ0v) is 9.92. The van der Waals surface area contributed by atoms with E-state index in [-0.39, 0.29) is 22.2 Å². The monoisotopic (exact) mass is 261 g/mol. The molecule has 16 heavy (non-hydrogen) atoms.